The Kier molecular flexibility index (Phi) is 5.22. The van der Waals surface area contributed by atoms with E-state index in [0.717, 1.165) is 19.1 Å². The lowest BCUT2D eigenvalue weighted by atomic mass is 9.89. The Morgan fingerprint density at radius 3 is 2.25 bits per heavy atom. The standard InChI is InChI=1S/C13H27NO2/c1-13(2,3)12(16-5)8-14-11(9-15-4)10-6-7-10/h10-12,14H,6-9H2,1-5H3. The quantitative estimate of drug-likeness (QED) is 0.725. The van der Waals surface area contributed by atoms with E-state index in [9.17, 15) is 0 Å². The van der Waals surface area contributed by atoms with Crippen molar-refractivity contribution in [3.63, 3.8) is 0 Å². The van der Waals surface area contributed by atoms with E-state index in [-0.39, 0.29) is 11.5 Å². The first-order chi connectivity index (χ1) is 7.49. The monoisotopic (exact) mass is 229 g/mol. The predicted octanol–water partition coefficient (Wildman–Crippen LogP) is 2.06. The van der Waals surface area contributed by atoms with Gasteiger partial charge in [0.2, 0.25) is 0 Å². The summed E-state index contributed by atoms with van der Waals surface area (Å²) in [5.41, 5.74) is 0.183. The lowest BCUT2D eigenvalue weighted by Crippen LogP contribution is -2.44. The Morgan fingerprint density at radius 2 is 1.88 bits per heavy atom. The first-order valence-corrected chi connectivity index (χ1v) is 6.24. The van der Waals surface area contributed by atoms with Gasteiger partial charge < -0.3 is 14.8 Å². The van der Waals surface area contributed by atoms with Crippen LogP contribution in [0.3, 0.4) is 0 Å². The number of nitrogens with one attached hydrogen (secondary N) is 1. The number of rotatable bonds is 7. The van der Waals surface area contributed by atoms with Gasteiger partial charge in [-0.25, -0.2) is 0 Å². The molecule has 0 heterocycles. The van der Waals surface area contributed by atoms with E-state index in [0.29, 0.717) is 6.04 Å². The van der Waals surface area contributed by atoms with Gasteiger partial charge in [0.1, 0.15) is 0 Å². The van der Waals surface area contributed by atoms with Crippen LogP contribution in [-0.4, -0.2) is 39.5 Å². The molecule has 1 N–H and O–H groups in total. The van der Waals surface area contributed by atoms with Crippen molar-refractivity contribution in [2.45, 2.75) is 45.8 Å². The molecule has 3 nitrogen and oxygen atoms in total. The van der Waals surface area contributed by atoms with Crippen LogP contribution in [0, 0.1) is 11.3 Å². The maximum atomic E-state index is 5.54. The van der Waals surface area contributed by atoms with Crippen LogP contribution in [0.4, 0.5) is 0 Å². The molecule has 0 aromatic rings. The third-order valence-electron chi connectivity index (χ3n) is 3.35. The molecule has 0 bridgehead atoms. The van der Waals surface area contributed by atoms with Crippen molar-refractivity contribution in [2.75, 3.05) is 27.4 Å². The summed E-state index contributed by atoms with van der Waals surface area (Å²) < 4.78 is 10.8. The molecule has 1 aliphatic rings. The van der Waals surface area contributed by atoms with Gasteiger partial charge in [0.05, 0.1) is 12.7 Å². The average molecular weight is 229 g/mol. The third-order valence-corrected chi connectivity index (χ3v) is 3.35. The van der Waals surface area contributed by atoms with E-state index in [1.807, 2.05) is 0 Å². The Hall–Kier alpha value is -0.120. The van der Waals surface area contributed by atoms with Crippen LogP contribution < -0.4 is 5.32 Å². The Bertz CT molecular complexity index is 197. The minimum atomic E-state index is 0.183. The second-order valence-corrected chi connectivity index (χ2v) is 5.90. The van der Waals surface area contributed by atoms with Crippen LogP contribution in [0.5, 0.6) is 0 Å². The summed E-state index contributed by atoms with van der Waals surface area (Å²) in [4.78, 5) is 0. The van der Waals surface area contributed by atoms with Gasteiger partial charge in [0.25, 0.3) is 0 Å². The molecule has 0 aliphatic heterocycles. The molecule has 1 aliphatic carbocycles. The molecule has 0 saturated heterocycles. The van der Waals surface area contributed by atoms with E-state index >= 15 is 0 Å². The van der Waals surface area contributed by atoms with Gasteiger partial charge in [-0.2, -0.15) is 0 Å². The van der Waals surface area contributed by atoms with Crippen molar-refractivity contribution in [3.8, 4) is 0 Å². The van der Waals surface area contributed by atoms with Gasteiger partial charge in [-0.3, -0.25) is 0 Å². The SMILES string of the molecule is COCC(NCC(OC)C(C)(C)C)C1CC1. The summed E-state index contributed by atoms with van der Waals surface area (Å²) in [6.45, 7) is 8.36. The molecule has 2 unspecified atom stereocenters. The molecule has 0 spiro atoms. The maximum absolute atomic E-state index is 5.54. The molecule has 1 rings (SSSR count). The van der Waals surface area contributed by atoms with Gasteiger partial charge in [0.15, 0.2) is 0 Å². The van der Waals surface area contributed by atoms with Gasteiger partial charge in [-0.05, 0) is 24.2 Å². The lowest BCUT2D eigenvalue weighted by molar-refractivity contribution is 0.0126. The highest BCUT2D eigenvalue weighted by atomic mass is 16.5. The van der Waals surface area contributed by atoms with Crippen molar-refractivity contribution in [1.82, 2.24) is 5.32 Å². The summed E-state index contributed by atoms with van der Waals surface area (Å²) in [7, 11) is 3.56. The Morgan fingerprint density at radius 1 is 1.25 bits per heavy atom. The first-order valence-electron chi connectivity index (χ1n) is 6.24. The molecule has 0 aromatic carbocycles. The lowest BCUT2D eigenvalue weighted by Gasteiger charge is -2.31. The van der Waals surface area contributed by atoms with Crippen LogP contribution in [0.15, 0.2) is 0 Å². The molecular weight excluding hydrogens is 202 g/mol. The number of hydrogen-bond donors (Lipinski definition) is 1. The van der Waals surface area contributed by atoms with E-state index in [2.05, 4.69) is 26.1 Å². The molecular formula is C13H27NO2. The largest absolute Gasteiger partial charge is 0.383 e. The second-order valence-electron chi connectivity index (χ2n) is 5.90. The fourth-order valence-electron chi connectivity index (χ4n) is 2.04. The normalized spacial score (nSPS) is 20.8. The van der Waals surface area contributed by atoms with E-state index < -0.39 is 0 Å². The van der Waals surface area contributed by atoms with Crippen molar-refractivity contribution in [2.24, 2.45) is 11.3 Å². The van der Waals surface area contributed by atoms with Crippen LogP contribution in [0.1, 0.15) is 33.6 Å². The molecule has 1 fully saturated rings. The summed E-state index contributed by atoms with van der Waals surface area (Å²) in [6.07, 6.45) is 2.94. The minimum Gasteiger partial charge on any atom is -0.383 e. The molecule has 16 heavy (non-hydrogen) atoms. The zero-order valence-electron chi connectivity index (χ0n) is 11.4. The van der Waals surface area contributed by atoms with Crippen LogP contribution in [0.2, 0.25) is 0 Å². The highest BCUT2D eigenvalue weighted by Crippen LogP contribution is 2.33. The minimum absolute atomic E-state index is 0.183. The molecule has 3 heteroatoms. The van der Waals surface area contributed by atoms with E-state index in [1.165, 1.54) is 12.8 Å². The average Bonchev–Trinajstić information content (AvgIpc) is 2.98. The van der Waals surface area contributed by atoms with Gasteiger partial charge >= 0.3 is 0 Å². The summed E-state index contributed by atoms with van der Waals surface area (Å²) in [5.74, 6) is 0.817. The molecule has 2 atom stereocenters. The molecule has 0 radical (unpaired) electrons. The van der Waals surface area contributed by atoms with E-state index in [4.69, 9.17) is 9.47 Å². The van der Waals surface area contributed by atoms with Crippen LogP contribution >= 0.6 is 0 Å². The summed E-state index contributed by atoms with van der Waals surface area (Å²) in [6, 6.07) is 0.505. The smallest absolute Gasteiger partial charge is 0.0743 e. The number of hydrogen-bond acceptors (Lipinski definition) is 3. The van der Waals surface area contributed by atoms with Crippen molar-refractivity contribution in [3.05, 3.63) is 0 Å². The van der Waals surface area contributed by atoms with Crippen molar-refractivity contribution in [1.29, 1.82) is 0 Å². The van der Waals surface area contributed by atoms with E-state index in [1.54, 1.807) is 14.2 Å². The number of ether oxygens (including phenoxy) is 2. The fraction of sp³-hybridized carbons (Fsp3) is 1.00. The Balaban J connectivity index is 2.34. The van der Waals surface area contributed by atoms with Crippen LogP contribution in [0.25, 0.3) is 0 Å². The van der Waals surface area contributed by atoms with Gasteiger partial charge in [-0.15, -0.1) is 0 Å². The van der Waals surface area contributed by atoms with Crippen LogP contribution in [-0.2, 0) is 9.47 Å². The molecule has 0 aromatic heterocycles. The third kappa shape index (κ3) is 4.40. The zero-order chi connectivity index (χ0) is 12.2. The topological polar surface area (TPSA) is 30.5 Å². The highest BCUT2D eigenvalue weighted by Gasteiger charge is 2.32. The molecule has 0 amide bonds. The zero-order valence-corrected chi connectivity index (χ0v) is 11.4. The summed E-state index contributed by atoms with van der Waals surface area (Å²) >= 11 is 0. The Labute approximate surface area is 99.9 Å². The second kappa shape index (κ2) is 5.99. The van der Waals surface area contributed by atoms with Gasteiger partial charge in [-0.1, -0.05) is 20.8 Å². The number of methoxy groups -OCH3 is 2. The van der Waals surface area contributed by atoms with Gasteiger partial charge in [0, 0.05) is 26.8 Å². The molecule has 96 valence electrons. The predicted molar refractivity (Wildman–Crippen MR) is 66.6 cm³/mol. The van der Waals surface area contributed by atoms with Crippen molar-refractivity contribution >= 4 is 0 Å². The summed E-state index contributed by atoms with van der Waals surface area (Å²) in [5, 5.41) is 3.59. The first kappa shape index (κ1) is 13.9. The van der Waals surface area contributed by atoms with Crippen molar-refractivity contribution < 1.29 is 9.47 Å². The molecule has 1 saturated carbocycles. The highest BCUT2D eigenvalue weighted by molar-refractivity contribution is 4.88. The fourth-order valence-corrected chi connectivity index (χ4v) is 2.04. The maximum Gasteiger partial charge on any atom is 0.0743 e.